The minimum atomic E-state index is -0.524. The smallest absolute Gasteiger partial charge is 0.227 e. The Bertz CT molecular complexity index is 577. The van der Waals surface area contributed by atoms with Gasteiger partial charge in [0.25, 0.3) is 0 Å². The van der Waals surface area contributed by atoms with E-state index >= 15 is 0 Å². The van der Waals surface area contributed by atoms with Crippen molar-refractivity contribution in [2.24, 2.45) is 11.1 Å². The molecule has 1 aromatic carbocycles. The Morgan fingerprint density at radius 3 is 2.68 bits per heavy atom. The third kappa shape index (κ3) is 6.19. The summed E-state index contributed by atoms with van der Waals surface area (Å²) in [6.45, 7) is 3.64. The highest BCUT2D eigenvalue weighted by molar-refractivity contribution is 5.88. The van der Waals surface area contributed by atoms with Crippen LogP contribution in [0.4, 0.5) is 5.69 Å². The molecular weight excluding hydrogens is 346 g/mol. The Kier molecular flexibility index (Phi) is 8.68. The van der Waals surface area contributed by atoms with Gasteiger partial charge in [-0.3, -0.25) is 9.59 Å². The van der Waals surface area contributed by atoms with Crippen molar-refractivity contribution in [3.63, 3.8) is 0 Å². The standard InChI is InChI=1S/C17H25N3O4.ClH/c1-13(21)20-14-3-2-4-15(11-14)24-10-7-19-16(22)17(12-18)5-8-23-9-6-17;/h2-4,11H,5-10,12,18H2,1H3,(H,19,22)(H,20,21);1H. The molecular formula is C17H26ClN3O4. The van der Waals surface area contributed by atoms with Crippen LogP contribution in [0.5, 0.6) is 5.75 Å². The van der Waals surface area contributed by atoms with Crippen LogP contribution in [-0.4, -0.2) is 44.7 Å². The summed E-state index contributed by atoms with van der Waals surface area (Å²) in [6.07, 6.45) is 1.30. The molecule has 0 atom stereocenters. The number of amides is 2. The lowest BCUT2D eigenvalue weighted by Gasteiger charge is -2.34. The van der Waals surface area contributed by atoms with Crippen LogP contribution in [0.1, 0.15) is 19.8 Å². The Hall–Kier alpha value is -1.83. The van der Waals surface area contributed by atoms with E-state index in [1.165, 1.54) is 6.92 Å². The van der Waals surface area contributed by atoms with E-state index in [2.05, 4.69) is 10.6 Å². The second-order valence-corrected chi connectivity index (χ2v) is 5.91. The van der Waals surface area contributed by atoms with E-state index in [0.29, 0.717) is 57.2 Å². The van der Waals surface area contributed by atoms with Crippen LogP contribution in [0.3, 0.4) is 0 Å². The predicted molar refractivity (Wildman–Crippen MR) is 98.0 cm³/mol. The molecule has 0 radical (unpaired) electrons. The van der Waals surface area contributed by atoms with Crippen LogP contribution in [0.25, 0.3) is 0 Å². The second kappa shape index (κ2) is 10.2. The number of carbonyl (C=O) groups excluding carboxylic acids is 2. The van der Waals surface area contributed by atoms with Crippen LogP contribution >= 0.6 is 12.4 Å². The van der Waals surface area contributed by atoms with Crippen molar-refractivity contribution in [1.29, 1.82) is 0 Å². The lowest BCUT2D eigenvalue weighted by atomic mass is 9.79. The molecule has 1 fully saturated rings. The number of ether oxygens (including phenoxy) is 2. The molecule has 1 aliphatic heterocycles. The molecule has 1 heterocycles. The zero-order chi connectivity index (χ0) is 17.4. The van der Waals surface area contributed by atoms with Gasteiger partial charge in [-0.05, 0) is 25.0 Å². The van der Waals surface area contributed by atoms with Gasteiger partial charge in [0.1, 0.15) is 12.4 Å². The van der Waals surface area contributed by atoms with Crippen molar-refractivity contribution in [3.05, 3.63) is 24.3 Å². The van der Waals surface area contributed by atoms with Gasteiger partial charge in [-0.1, -0.05) is 6.07 Å². The molecule has 0 spiro atoms. The van der Waals surface area contributed by atoms with Crippen molar-refractivity contribution in [2.45, 2.75) is 19.8 Å². The number of anilines is 1. The van der Waals surface area contributed by atoms with E-state index in [0.717, 1.165) is 0 Å². The molecule has 1 aromatic rings. The average molecular weight is 372 g/mol. The number of nitrogens with two attached hydrogens (primary N) is 1. The molecule has 8 heteroatoms. The van der Waals surface area contributed by atoms with Crippen molar-refractivity contribution in [3.8, 4) is 5.75 Å². The van der Waals surface area contributed by atoms with Gasteiger partial charge in [-0.15, -0.1) is 12.4 Å². The summed E-state index contributed by atoms with van der Waals surface area (Å²) in [5.74, 6) is 0.460. The molecule has 1 saturated heterocycles. The second-order valence-electron chi connectivity index (χ2n) is 5.91. The fourth-order valence-electron chi connectivity index (χ4n) is 2.67. The highest BCUT2D eigenvalue weighted by atomic mass is 35.5. The molecule has 140 valence electrons. The van der Waals surface area contributed by atoms with E-state index in [-0.39, 0.29) is 24.2 Å². The zero-order valence-electron chi connectivity index (χ0n) is 14.4. The van der Waals surface area contributed by atoms with Gasteiger partial charge >= 0.3 is 0 Å². The minimum absolute atomic E-state index is 0. The summed E-state index contributed by atoms with van der Waals surface area (Å²) in [5, 5.41) is 5.59. The molecule has 0 aliphatic carbocycles. The first-order valence-corrected chi connectivity index (χ1v) is 8.12. The quantitative estimate of drug-likeness (QED) is 0.627. The monoisotopic (exact) mass is 371 g/mol. The first-order valence-electron chi connectivity index (χ1n) is 8.12. The number of halogens is 1. The van der Waals surface area contributed by atoms with Gasteiger partial charge in [-0.25, -0.2) is 0 Å². The Balaban J connectivity index is 0.00000312. The fraction of sp³-hybridized carbons (Fsp3) is 0.529. The average Bonchev–Trinajstić information content (AvgIpc) is 2.59. The molecule has 0 saturated carbocycles. The molecule has 25 heavy (non-hydrogen) atoms. The first-order chi connectivity index (χ1) is 11.6. The third-order valence-electron chi connectivity index (χ3n) is 4.13. The zero-order valence-corrected chi connectivity index (χ0v) is 15.2. The first kappa shape index (κ1) is 21.2. The normalized spacial score (nSPS) is 15.6. The van der Waals surface area contributed by atoms with E-state index in [1.54, 1.807) is 24.3 Å². The van der Waals surface area contributed by atoms with Gasteiger partial charge in [0.2, 0.25) is 11.8 Å². The lowest BCUT2D eigenvalue weighted by molar-refractivity contribution is -0.136. The summed E-state index contributed by atoms with van der Waals surface area (Å²) in [6, 6.07) is 7.12. The van der Waals surface area contributed by atoms with E-state index < -0.39 is 5.41 Å². The summed E-state index contributed by atoms with van der Waals surface area (Å²) in [5.41, 5.74) is 5.96. The molecule has 4 N–H and O–H groups in total. The molecule has 1 aliphatic rings. The van der Waals surface area contributed by atoms with Crippen molar-refractivity contribution in [2.75, 3.05) is 38.2 Å². The highest BCUT2D eigenvalue weighted by Gasteiger charge is 2.38. The number of carbonyl (C=O) groups is 2. The molecule has 2 rings (SSSR count). The third-order valence-corrected chi connectivity index (χ3v) is 4.13. The Morgan fingerprint density at radius 2 is 2.04 bits per heavy atom. The van der Waals surface area contributed by atoms with Crippen LogP contribution in [0.15, 0.2) is 24.3 Å². The summed E-state index contributed by atoms with van der Waals surface area (Å²) in [4.78, 5) is 23.4. The Labute approximate surface area is 154 Å². The summed E-state index contributed by atoms with van der Waals surface area (Å²) >= 11 is 0. The SMILES string of the molecule is CC(=O)Nc1cccc(OCCNC(=O)C2(CN)CCOCC2)c1.Cl. The van der Waals surface area contributed by atoms with Gasteiger partial charge in [0.05, 0.1) is 12.0 Å². The van der Waals surface area contributed by atoms with Crippen molar-refractivity contribution >= 4 is 29.9 Å². The van der Waals surface area contributed by atoms with Crippen LogP contribution < -0.4 is 21.1 Å². The van der Waals surface area contributed by atoms with Gasteiger partial charge in [0, 0.05) is 38.4 Å². The van der Waals surface area contributed by atoms with Gasteiger partial charge < -0.3 is 25.8 Å². The number of nitrogens with one attached hydrogen (secondary N) is 2. The number of hydrogen-bond acceptors (Lipinski definition) is 5. The van der Waals surface area contributed by atoms with Crippen molar-refractivity contribution in [1.82, 2.24) is 5.32 Å². The number of benzene rings is 1. The molecule has 7 nitrogen and oxygen atoms in total. The van der Waals surface area contributed by atoms with Crippen LogP contribution in [-0.2, 0) is 14.3 Å². The van der Waals surface area contributed by atoms with Crippen molar-refractivity contribution < 1.29 is 19.1 Å². The van der Waals surface area contributed by atoms with Gasteiger partial charge in [-0.2, -0.15) is 0 Å². The maximum absolute atomic E-state index is 12.4. The highest BCUT2D eigenvalue weighted by Crippen LogP contribution is 2.29. The molecule has 0 aromatic heterocycles. The maximum atomic E-state index is 12.4. The summed E-state index contributed by atoms with van der Waals surface area (Å²) in [7, 11) is 0. The molecule has 0 bridgehead atoms. The lowest BCUT2D eigenvalue weighted by Crippen LogP contribution is -2.49. The van der Waals surface area contributed by atoms with E-state index in [9.17, 15) is 9.59 Å². The number of rotatable bonds is 7. The minimum Gasteiger partial charge on any atom is -0.492 e. The Morgan fingerprint density at radius 1 is 1.32 bits per heavy atom. The van der Waals surface area contributed by atoms with E-state index in [4.69, 9.17) is 15.2 Å². The fourth-order valence-corrected chi connectivity index (χ4v) is 2.67. The molecule has 2 amide bonds. The summed E-state index contributed by atoms with van der Waals surface area (Å²) < 4.78 is 10.9. The van der Waals surface area contributed by atoms with Gasteiger partial charge in [0.15, 0.2) is 0 Å². The number of hydrogen-bond donors (Lipinski definition) is 3. The van der Waals surface area contributed by atoms with Crippen LogP contribution in [0.2, 0.25) is 0 Å². The molecule has 0 unspecified atom stereocenters. The topological polar surface area (TPSA) is 103 Å². The maximum Gasteiger partial charge on any atom is 0.227 e. The predicted octanol–water partition coefficient (Wildman–Crippen LogP) is 1.32. The van der Waals surface area contributed by atoms with Crippen LogP contribution in [0, 0.1) is 5.41 Å². The largest absolute Gasteiger partial charge is 0.492 e. The van der Waals surface area contributed by atoms with E-state index in [1.807, 2.05) is 0 Å².